The van der Waals surface area contributed by atoms with E-state index in [-0.39, 0.29) is 0 Å². The second-order valence-electron chi connectivity index (χ2n) is 4.28. The average Bonchev–Trinajstić information content (AvgIpc) is 2.80. The summed E-state index contributed by atoms with van der Waals surface area (Å²) in [5, 5.41) is 0.714. The zero-order chi connectivity index (χ0) is 13.1. The van der Waals surface area contributed by atoms with Crippen molar-refractivity contribution in [1.82, 2.24) is 0 Å². The molecule has 18 heavy (non-hydrogen) atoms. The van der Waals surface area contributed by atoms with Crippen molar-refractivity contribution in [2.24, 2.45) is 0 Å². The molecule has 0 atom stereocenters. The SMILES string of the molecule is CCc1ccc(CN(C)c2cc(Cl)ccc2N)s1. The summed E-state index contributed by atoms with van der Waals surface area (Å²) in [6.45, 7) is 3.03. The van der Waals surface area contributed by atoms with E-state index in [0.717, 1.165) is 24.3 Å². The Morgan fingerprint density at radius 1 is 1.22 bits per heavy atom. The molecule has 2 rings (SSSR count). The van der Waals surface area contributed by atoms with Crippen LogP contribution in [0.4, 0.5) is 11.4 Å². The topological polar surface area (TPSA) is 29.3 Å². The first kappa shape index (κ1) is 13.2. The minimum atomic E-state index is 0.714. The first-order valence-corrected chi connectivity index (χ1v) is 7.13. The molecule has 2 N–H and O–H groups in total. The molecule has 0 amide bonds. The number of hydrogen-bond acceptors (Lipinski definition) is 3. The summed E-state index contributed by atoms with van der Waals surface area (Å²) in [5.41, 5.74) is 7.72. The van der Waals surface area contributed by atoms with E-state index in [0.29, 0.717) is 5.02 Å². The molecule has 0 aliphatic carbocycles. The van der Waals surface area contributed by atoms with Gasteiger partial charge in [-0.1, -0.05) is 18.5 Å². The number of nitrogen functional groups attached to an aromatic ring is 1. The third kappa shape index (κ3) is 2.98. The Morgan fingerprint density at radius 3 is 2.61 bits per heavy atom. The van der Waals surface area contributed by atoms with Gasteiger partial charge in [-0.15, -0.1) is 11.3 Å². The molecule has 0 unspecified atom stereocenters. The normalized spacial score (nSPS) is 10.6. The van der Waals surface area contributed by atoms with E-state index in [9.17, 15) is 0 Å². The molecule has 0 saturated heterocycles. The van der Waals surface area contributed by atoms with Crippen molar-refractivity contribution < 1.29 is 0 Å². The summed E-state index contributed by atoms with van der Waals surface area (Å²) in [6.07, 6.45) is 1.09. The monoisotopic (exact) mass is 280 g/mol. The van der Waals surface area contributed by atoms with Crippen molar-refractivity contribution in [2.45, 2.75) is 19.9 Å². The van der Waals surface area contributed by atoms with E-state index in [1.165, 1.54) is 9.75 Å². The highest BCUT2D eigenvalue weighted by Crippen LogP contribution is 2.28. The predicted octanol–water partition coefficient (Wildman–Crippen LogP) is 4.18. The van der Waals surface area contributed by atoms with E-state index in [1.807, 2.05) is 36.6 Å². The number of anilines is 2. The lowest BCUT2D eigenvalue weighted by molar-refractivity contribution is 0.942. The molecule has 2 nitrogen and oxygen atoms in total. The second-order valence-corrected chi connectivity index (χ2v) is 5.97. The summed E-state index contributed by atoms with van der Waals surface area (Å²) >= 11 is 7.86. The molecule has 0 aliphatic rings. The highest BCUT2D eigenvalue weighted by molar-refractivity contribution is 7.12. The molecule has 96 valence electrons. The van der Waals surface area contributed by atoms with E-state index >= 15 is 0 Å². The molecular formula is C14H17ClN2S. The van der Waals surface area contributed by atoms with Gasteiger partial charge in [0.05, 0.1) is 17.9 Å². The maximum atomic E-state index is 6.01. The predicted molar refractivity (Wildman–Crippen MR) is 81.7 cm³/mol. The fraction of sp³-hybridized carbons (Fsp3) is 0.286. The van der Waals surface area contributed by atoms with Crippen LogP contribution in [-0.4, -0.2) is 7.05 Å². The average molecular weight is 281 g/mol. The Morgan fingerprint density at radius 2 is 1.94 bits per heavy atom. The number of benzene rings is 1. The highest BCUT2D eigenvalue weighted by Gasteiger charge is 2.08. The lowest BCUT2D eigenvalue weighted by Gasteiger charge is -2.20. The van der Waals surface area contributed by atoms with E-state index < -0.39 is 0 Å². The first-order chi connectivity index (χ1) is 8.60. The van der Waals surface area contributed by atoms with Gasteiger partial charge in [0.15, 0.2) is 0 Å². The third-order valence-electron chi connectivity index (χ3n) is 2.86. The molecule has 1 aromatic heterocycles. The second kappa shape index (κ2) is 5.63. The molecule has 0 saturated carbocycles. The minimum Gasteiger partial charge on any atom is -0.397 e. The Labute approximate surface area is 117 Å². The molecular weight excluding hydrogens is 264 g/mol. The summed E-state index contributed by atoms with van der Waals surface area (Å²) in [6, 6.07) is 9.94. The smallest absolute Gasteiger partial charge is 0.0615 e. The van der Waals surface area contributed by atoms with Gasteiger partial charge in [0.2, 0.25) is 0 Å². The number of aryl methyl sites for hydroxylation is 1. The summed E-state index contributed by atoms with van der Waals surface area (Å²) in [4.78, 5) is 4.89. The molecule has 4 heteroatoms. The summed E-state index contributed by atoms with van der Waals surface area (Å²) in [7, 11) is 2.04. The van der Waals surface area contributed by atoms with Crippen molar-refractivity contribution in [3.63, 3.8) is 0 Å². The maximum absolute atomic E-state index is 6.01. The summed E-state index contributed by atoms with van der Waals surface area (Å²) in [5.74, 6) is 0. The van der Waals surface area contributed by atoms with Crippen LogP contribution in [0.5, 0.6) is 0 Å². The Bertz CT molecular complexity index is 536. The van der Waals surface area contributed by atoms with Crippen LogP contribution in [0.3, 0.4) is 0 Å². The van der Waals surface area contributed by atoms with Crippen molar-refractivity contribution in [2.75, 3.05) is 17.7 Å². The lowest BCUT2D eigenvalue weighted by Crippen LogP contribution is -2.17. The number of nitrogens with two attached hydrogens (primary N) is 1. The van der Waals surface area contributed by atoms with Crippen molar-refractivity contribution in [3.8, 4) is 0 Å². The van der Waals surface area contributed by atoms with Gasteiger partial charge in [-0.05, 0) is 36.8 Å². The van der Waals surface area contributed by atoms with E-state index in [4.69, 9.17) is 17.3 Å². The lowest BCUT2D eigenvalue weighted by atomic mass is 10.2. The first-order valence-electron chi connectivity index (χ1n) is 5.94. The zero-order valence-corrected chi connectivity index (χ0v) is 12.2. The van der Waals surface area contributed by atoms with Gasteiger partial charge in [-0.3, -0.25) is 0 Å². The van der Waals surface area contributed by atoms with Gasteiger partial charge in [0.25, 0.3) is 0 Å². The van der Waals surface area contributed by atoms with Gasteiger partial charge >= 0.3 is 0 Å². The highest BCUT2D eigenvalue weighted by atomic mass is 35.5. The van der Waals surface area contributed by atoms with Crippen LogP contribution in [0.15, 0.2) is 30.3 Å². The van der Waals surface area contributed by atoms with Gasteiger partial charge < -0.3 is 10.6 Å². The molecule has 0 fully saturated rings. The molecule has 2 aromatic rings. The number of thiophene rings is 1. The van der Waals surface area contributed by atoms with Crippen molar-refractivity contribution in [1.29, 1.82) is 0 Å². The molecule has 0 radical (unpaired) electrons. The van der Waals surface area contributed by atoms with Crippen molar-refractivity contribution >= 4 is 34.3 Å². The fourth-order valence-corrected chi connectivity index (χ4v) is 3.04. The van der Waals surface area contributed by atoms with Crippen LogP contribution in [0.2, 0.25) is 5.02 Å². The standard InChI is InChI=1S/C14H17ClN2S/c1-3-11-5-6-12(18-11)9-17(2)14-8-10(15)4-7-13(14)16/h4-8H,3,9,16H2,1-2H3. The Kier molecular flexibility index (Phi) is 4.15. The van der Waals surface area contributed by atoms with Gasteiger partial charge in [0.1, 0.15) is 0 Å². The van der Waals surface area contributed by atoms with Crippen LogP contribution in [-0.2, 0) is 13.0 Å². The minimum absolute atomic E-state index is 0.714. The third-order valence-corrected chi connectivity index (χ3v) is 4.31. The zero-order valence-electron chi connectivity index (χ0n) is 10.6. The van der Waals surface area contributed by atoms with Crippen LogP contribution in [0.25, 0.3) is 0 Å². The maximum Gasteiger partial charge on any atom is 0.0615 e. The number of halogens is 1. The molecule has 1 aromatic carbocycles. The van der Waals surface area contributed by atoms with Gasteiger partial charge in [-0.25, -0.2) is 0 Å². The van der Waals surface area contributed by atoms with Crippen molar-refractivity contribution in [3.05, 3.63) is 45.1 Å². The van der Waals surface area contributed by atoms with E-state index in [2.05, 4.69) is 24.0 Å². The summed E-state index contributed by atoms with van der Waals surface area (Å²) < 4.78 is 0. The molecule has 0 bridgehead atoms. The number of rotatable bonds is 4. The molecule has 0 aliphatic heterocycles. The molecule has 0 spiro atoms. The van der Waals surface area contributed by atoms with Crippen LogP contribution >= 0.6 is 22.9 Å². The largest absolute Gasteiger partial charge is 0.397 e. The van der Waals surface area contributed by atoms with E-state index in [1.54, 1.807) is 0 Å². The fourth-order valence-electron chi connectivity index (χ4n) is 1.86. The van der Waals surface area contributed by atoms with Gasteiger partial charge in [-0.2, -0.15) is 0 Å². The number of hydrogen-bond donors (Lipinski definition) is 1. The van der Waals surface area contributed by atoms with Crippen LogP contribution in [0, 0.1) is 0 Å². The van der Waals surface area contributed by atoms with Gasteiger partial charge in [0, 0.05) is 21.8 Å². The Hall–Kier alpha value is -1.19. The number of nitrogens with zero attached hydrogens (tertiary/aromatic N) is 1. The quantitative estimate of drug-likeness (QED) is 0.851. The Balaban J connectivity index is 2.16. The van der Waals surface area contributed by atoms with Crippen LogP contribution < -0.4 is 10.6 Å². The van der Waals surface area contributed by atoms with Crippen LogP contribution in [0.1, 0.15) is 16.7 Å². The molecule has 1 heterocycles.